The maximum atomic E-state index is 13.6. The number of carboxylic acids is 1. The van der Waals surface area contributed by atoms with Crippen molar-refractivity contribution in [2.24, 2.45) is 5.92 Å². The highest BCUT2D eigenvalue weighted by atomic mass is 32.1. The van der Waals surface area contributed by atoms with Crippen LogP contribution in [0.4, 0.5) is 11.4 Å². The summed E-state index contributed by atoms with van der Waals surface area (Å²) in [6.07, 6.45) is -0.467. The number of amides is 1. The molecule has 3 rings (SSSR count). The minimum absolute atomic E-state index is 0.0836. The molecular weight excluding hydrogens is 468 g/mol. The highest BCUT2D eigenvalue weighted by molar-refractivity contribution is 7.80. The van der Waals surface area contributed by atoms with Crippen LogP contribution in [0, 0.1) is 16.0 Å². The van der Waals surface area contributed by atoms with Crippen molar-refractivity contribution >= 4 is 35.9 Å². The lowest BCUT2D eigenvalue weighted by atomic mass is 9.99. The predicted molar refractivity (Wildman–Crippen MR) is 135 cm³/mol. The van der Waals surface area contributed by atoms with E-state index in [4.69, 9.17) is 4.74 Å². The number of benzene rings is 3. The van der Waals surface area contributed by atoms with Crippen LogP contribution < -0.4 is 4.90 Å². The fourth-order valence-electron chi connectivity index (χ4n) is 3.59. The number of ether oxygens (including phenoxy) is 1. The van der Waals surface area contributed by atoms with Gasteiger partial charge in [-0.3, -0.25) is 19.8 Å². The molecule has 0 aliphatic carbocycles. The Hall–Kier alpha value is -3.69. The monoisotopic (exact) mass is 494 g/mol. The van der Waals surface area contributed by atoms with Crippen LogP contribution in [0.5, 0.6) is 0 Å². The molecule has 0 spiro atoms. The lowest BCUT2D eigenvalue weighted by Crippen LogP contribution is -2.49. The smallest absolute Gasteiger partial charge is 0.354 e. The van der Waals surface area contributed by atoms with Gasteiger partial charge >= 0.3 is 5.97 Å². The summed E-state index contributed by atoms with van der Waals surface area (Å²) in [7, 11) is 0. The van der Waals surface area contributed by atoms with Gasteiger partial charge in [0.05, 0.1) is 11.5 Å². The van der Waals surface area contributed by atoms with Gasteiger partial charge in [-0.05, 0) is 48.2 Å². The van der Waals surface area contributed by atoms with Crippen LogP contribution in [0.15, 0.2) is 84.9 Å². The van der Waals surface area contributed by atoms with Crippen molar-refractivity contribution in [1.82, 2.24) is 0 Å². The molecule has 0 radical (unpaired) electrons. The van der Waals surface area contributed by atoms with Crippen LogP contribution in [-0.4, -0.2) is 33.9 Å². The second-order valence-electron chi connectivity index (χ2n) is 7.87. The molecule has 0 heterocycles. The van der Waals surface area contributed by atoms with Gasteiger partial charge < -0.3 is 9.84 Å². The number of thiol groups is 1. The second-order valence-corrected chi connectivity index (χ2v) is 8.24. The number of carboxylic acid groups (broad SMARTS) is 1. The SMILES string of the molecule is O=C(O)[C@H](OCc1ccc([N+](=O)[O-])cc1)N(C(=O)C(CS)CCc1ccccc1)c1ccccc1. The van der Waals surface area contributed by atoms with Gasteiger partial charge in [-0.15, -0.1) is 0 Å². The molecule has 0 saturated carbocycles. The molecule has 9 heteroatoms. The summed E-state index contributed by atoms with van der Waals surface area (Å²) >= 11 is 4.37. The number of carbonyl (C=O) groups excluding carboxylic acids is 1. The fraction of sp³-hybridized carbons (Fsp3) is 0.231. The lowest BCUT2D eigenvalue weighted by Gasteiger charge is -2.31. The molecule has 0 aromatic heterocycles. The van der Waals surface area contributed by atoms with Crippen LogP contribution in [0.2, 0.25) is 0 Å². The number of nitro benzene ring substituents is 1. The number of nitrogens with zero attached hydrogens (tertiary/aromatic N) is 2. The average molecular weight is 495 g/mol. The third-order valence-electron chi connectivity index (χ3n) is 5.47. The Kier molecular flexibility index (Phi) is 9.39. The third kappa shape index (κ3) is 7.14. The Bertz CT molecular complexity index is 1130. The number of non-ortho nitro benzene ring substituents is 1. The van der Waals surface area contributed by atoms with Gasteiger partial charge in [0.25, 0.3) is 5.69 Å². The summed E-state index contributed by atoms with van der Waals surface area (Å²) in [6.45, 7) is -0.152. The first-order valence-corrected chi connectivity index (χ1v) is 11.6. The van der Waals surface area contributed by atoms with Gasteiger partial charge in [0.15, 0.2) is 0 Å². The molecule has 0 aliphatic heterocycles. The zero-order chi connectivity index (χ0) is 25.2. The summed E-state index contributed by atoms with van der Waals surface area (Å²) in [5.74, 6) is -2.03. The van der Waals surface area contributed by atoms with Crippen molar-refractivity contribution in [2.75, 3.05) is 10.7 Å². The quantitative estimate of drug-likeness (QED) is 0.163. The molecule has 1 N–H and O–H groups in total. The van der Waals surface area contributed by atoms with Crippen molar-refractivity contribution in [3.05, 3.63) is 106 Å². The van der Waals surface area contributed by atoms with Crippen LogP contribution in [0.25, 0.3) is 0 Å². The van der Waals surface area contributed by atoms with Gasteiger partial charge in [-0.1, -0.05) is 48.5 Å². The minimum atomic E-state index is -1.60. The molecule has 1 amide bonds. The van der Waals surface area contributed by atoms with Crippen molar-refractivity contribution < 1.29 is 24.4 Å². The molecule has 35 heavy (non-hydrogen) atoms. The Morgan fingerprint density at radius 1 is 0.943 bits per heavy atom. The number of para-hydroxylation sites is 1. The topological polar surface area (TPSA) is 110 Å². The van der Waals surface area contributed by atoms with E-state index in [2.05, 4.69) is 12.6 Å². The Morgan fingerprint density at radius 2 is 1.54 bits per heavy atom. The zero-order valence-corrected chi connectivity index (χ0v) is 19.8. The summed E-state index contributed by atoms with van der Waals surface area (Å²) in [5.41, 5.74) is 1.92. The normalized spacial score (nSPS) is 12.5. The van der Waals surface area contributed by atoms with Gasteiger partial charge in [0.1, 0.15) is 0 Å². The van der Waals surface area contributed by atoms with E-state index in [1.54, 1.807) is 30.3 Å². The van der Waals surface area contributed by atoms with E-state index < -0.39 is 28.9 Å². The van der Waals surface area contributed by atoms with E-state index in [0.717, 1.165) is 10.5 Å². The van der Waals surface area contributed by atoms with Crippen LogP contribution >= 0.6 is 12.6 Å². The predicted octanol–water partition coefficient (Wildman–Crippen LogP) is 4.73. The number of rotatable bonds is 12. The Morgan fingerprint density at radius 3 is 2.09 bits per heavy atom. The highest BCUT2D eigenvalue weighted by Crippen LogP contribution is 2.24. The molecule has 0 aliphatic rings. The number of hydrogen-bond donors (Lipinski definition) is 2. The molecule has 3 aromatic carbocycles. The first-order chi connectivity index (χ1) is 16.9. The number of aryl methyl sites for hydroxylation is 1. The first-order valence-electron chi connectivity index (χ1n) is 11.0. The zero-order valence-electron chi connectivity index (χ0n) is 18.9. The molecule has 1 unspecified atom stereocenters. The largest absolute Gasteiger partial charge is 0.478 e. The van der Waals surface area contributed by atoms with Gasteiger partial charge in [0, 0.05) is 29.5 Å². The summed E-state index contributed by atoms with van der Waals surface area (Å²) < 4.78 is 5.70. The van der Waals surface area contributed by atoms with Gasteiger partial charge in [-0.25, -0.2) is 4.79 Å². The van der Waals surface area contributed by atoms with Crippen molar-refractivity contribution in [3.8, 4) is 0 Å². The van der Waals surface area contributed by atoms with Crippen molar-refractivity contribution in [3.63, 3.8) is 0 Å². The molecule has 182 valence electrons. The number of aliphatic carboxylic acids is 1. The van der Waals surface area contributed by atoms with Gasteiger partial charge in [0.2, 0.25) is 12.1 Å². The third-order valence-corrected chi connectivity index (χ3v) is 5.91. The molecule has 0 saturated heterocycles. The van der Waals surface area contributed by atoms with E-state index in [-0.39, 0.29) is 18.0 Å². The van der Waals surface area contributed by atoms with Crippen LogP contribution in [0.1, 0.15) is 17.5 Å². The summed E-state index contributed by atoms with van der Waals surface area (Å²) in [5, 5.41) is 20.9. The van der Waals surface area contributed by atoms with Crippen LogP contribution in [-0.2, 0) is 27.4 Å². The van der Waals surface area contributed by atoms with Crippen LogP contribution in [0.3, 0.4) is 0 Å². The van der Waals surface area contributed by atoms with E-state index >= 15 is 0 Å². The lowest BCUT2D eigenvalue weighted by molar-refractivity contribution is -0.384. The van der Waals surface area contributed by atoms with E-state index in [1.807, 2.05) is 30.3 Å². The molecule has 2 atom stereocenters. The molecular formula is C26H26N2O6S. The van der Waals surface area contributed by atoms with E-state index in [9.17, 15) is 24.8 Å². The molecule has 3 aromatic rings. The minimum Gasteiger partial charge on any atom is -0.478 e. The van der Waals surface area contributed by atoms with Gasteiger partial charge in [-0.2, -0.15) is 12.6 Å². The van der Waals surface area contributed by atoms with E-state index in [1.165, 1.54) is 24.3 Å². The average Bonchev–Trinajstić information content (AvgIpc) is 2.88. The summed E-state index contributed by atoms with van der Waals surface area (Å²) in [6, 6.07) is 23.8. The second kappa shape index (κ2) is 12.7. The van der Waals surface area contributed by atoms with E-state index in [0.29, 0.717) is 24.1 Å². The standard InChI is InChI=1S/C26H26N2O6S/c29-24(21(18-35)14-11-19-7-3-1-4-8-19)27(22-9-5-2-6-10-22)25(26(30)31)34-17-20-12-15-23(16-13-20)28(32)33/h1-10,12-13,15-16,21,25,35H,11,14,17-18H2,(H,30,31)/t21?,25-/m0/s1. The molecule has 0 fully saturated rings. The highest BCUT2D eigenvalue weighted by Gasteiger charge is 2.35. The molecule has 0 bridgehead atoms. The maximum absolute atomic E-state index is 13.6. The Balaban J connectivity index is 1.83. The first kappa shape index (κ1) is 25.9. The molecule has 8 nitrogen and oxygen atoms in total. The van der Waals surface area contributed by atoms with Crippen molar-refractivity contribution in [1.29, 1.82) is 0 Å². The summed E-state index contributed by atoms with van der Waals surface area (Å²) in [4.78, 5) is 37.4. The Labute approximate surface area is 208 Å². The fourth-order valence-corrected chi connectivity index (χ4v) is 3.93. The van der Waals surface area contributed by atoms with Crippen molar-refractivity contribution in [2.45, 2.75) is 25.7 Å². The maximum Gasteiger partial charge on any atom is 0.354 e. The number of anilines is 1. The number of nitro groups is 1. The number of hydrogen-bond acceptors (Lipinski definition) is 6. The number of carbonyl (C=O) groups is 2.